The third kappa shape index (κ3) is 5.74. The van der Waals surface area contributed by atoms with Crippen molar-refractivity contribution < 1.29 is 28.5 Å². The molecule has 0 spiro atoms. The lowest BCUT2D eigenvalue weighted by Gasteiger charge is -2.09. The summed E-state index contributed by atoms with van der Waals surface area (Å²) in [6.07, 6.45) is 5.78. The van der Waals surface area contributed by atoms with Crippen LogP contribution in [0, 0.1) is 0 Å². The lowest BCUT2D eigenvalue weighted by molar-refractivity contribution is -0.134. The fourth-order valence-corrected chi connectivity index (χ4v) is 2.21. The van der Waals surface area contributed by atoms with Gasteiger partial charge in [0.1, 0.15) is 5.75 Å². The minimum atomic E-state index is -0.558. The first-order valence-electron chi connectivity index (χ1n) is 8.04. The van der Waals surface area contributed by atoms with Crippen molar-refractivity contribution >= 4 is 24.1 Å². The molecule has 2 aromatic rings. The topological polar surface area (TPSA) is 71.1 Å². The lowest BCUT2D eigenvalue weighted by Crippen LogP contribution is -2.05. The molecule has 2 aromatic carbocycles. The van der Waals surface area contributed by atoms with Gasteiger partial charge in [-0.15, -0.1) is 0 Å². The highest BCUT2D eigenvalue weighted by Gasteiger charge is 2.09. The minimum absolute atomic E-state index is 0.266. The van der Waals surface area contributed by atoms with E-state index in [0.717, 1.165) is 5.56 Å². The first kappa shape index (κ1) is 19.8. The molecule has 0 radical (unpaired) electrons. The van der Waals surface area contributed by atoms with Crippen LogP contribution < -0.4 is 14.2 Å². The highest BCUT2D eigenvalue weighted by molar-refractivity contribution is 5.90. The van der Waals surface area contributed by atoms with Gasteiger partial charge in [-0.05, 0) is 35.9 Å². The average Bonchev–Trinajstić information content (AvgIpc) is 2.71. The number of para-hydroxylation sites is 1. The van der Waals surface area contributed by atoms with E-state index in [2.05, 4.69) is 4.74 Å². The molecule has 0 saturated carbocycles. The molecule has 0 saturated heterocycles. The van der Waals surface area contributed by atoms with E-state index in [-0.39, 0.29) is 5.75 Å². The SMILES string of the molecule is COC(=O)/C=C/c1ccc(OC(=O)/C=C/c2ccccc2OC)c(OC)c1. The molecule has 0 aliphatic carbocycles. The third-order valence-electron chi connectivity index (χ3n) is 3.55. The summed E-state index contributed by atoms with van der Waals surface area (Å²) in [7, 11) is 4.32. The zero-order valence-electron chi connectivity index (χ0n) is 15.3. The number of benzene rings is 2. The maximum atomic E-state index is 12.1. The van der Waals surface area contributed by atoms with Gasteiger partial charge in [-0.3, -0.25) is 0 Å². The molecular formula is C21H20O6. The van der Waals surface area contributed by atoms with E-state index in [1.54, 1.807) is 43.5 Å². The summed E-state index contributed by atoms with van der Waals surface area (Å²) in [6, 6.07) is 12.2. The van der Waals surface area contributed by atoms with Gasteiger partial charge in [0.2, 0.25) is 0 Å². The van der Waals surface area contributed by atoms with Crippen molar-refractivity contribution in [3.63, 3.8) is 0 Å². The first-order chi connectivity index (χ1) is 13.1. The molecule has 2 rings (SSSR count). The van der Waals surface area contributed by atoms with E-state index in [9.17, 15) is 9.59 Å². The first-order valence-corrected chi connectivity index (χ1v) is 8.04. The van der Waals surface area contributed by atoms with Crippen molar-refractivity contribution in [2.75, 3.05) is 21.3 Å². The zero-order chi connectivity index (χ0) is 19.6. The molecular weight excluding hydrogens is 348 g/mol. The largest absolute Gasteiger partial charge is 0.496 e. The van der Waals surface area contributed by atoms with Gasteiger partial charge < -0.3 is 18.9 Å². The van der Waals surface area contributed by atoms with E-state index >= 15 is 0 Å². The van der Waals surface area contributed by atoms with E-state index < -0.39 is 11.9 Å². The number of rotatable bonds is 7. The smallest absolute Gasteiger partial charge is 0.336 e. The second kappa shape index (κ2) is 9.82. The fraction of sp³-hybridized carbons (Fsp3) is 0.143. The maximum Gasteiger partial charge on any atom is 0.336 e. The van der Waals surface area contributed by atoms with Gasteiger partial charge in [0.05, 0.1) is 21.3 Å². The van der Waals surface area contributed by atoms with Crippen molar-refractivity contribution in [3.8, 4) is 17.2 Å². The standard InChI is InChI=1S/C21H20O6/c1-24-17-7-5-4-6-16(17)10-13-21(23)27-18-11-8-15(14-19(18)25-2)9-12-20(22)26-3/h4-14H,1-3H3/b12-9+,13-10+. The van der Waals surface area contributed by atoms with E-state index in [4.69, 9.17) is 14.2 Å². The molecule has 0 heterocycles. The second-order valence-corrected chi connectivity index (χ2v) is 5.26. The minimum Gasteiger partial charge on any atom is -0.496 e. The number of methoxy groups -OCH3 is 3. The van der Waals surface area contributed by atoms with E-state index in [1.807, 2.05) is 18.2 Å². The lowest BCUT2D eigenvalue weighted by atomic mass is 10.2. The number of esters is 2. The Bertz CT molecular complexity index is 867. The van der Waals surface area contributed by atoms with Crippen LogP contribution >= 0.6 is 0 Å². The van der Waals surface area contributed by atoms with Crippen LogP contribution in [0.1, 0.15) is 11.1 Å². The Kier molecular flexibility index (Phi) is 7.19. The molecule has 0 bridgehead atoms. The van der Waals surface area contributed by atoms with Crippen molar-refractivity contribution in [3.05, 3.63) is 65.7 Å². The predicted octanol–water partition coefficient (Wildman–Crippen LogP) is 3.51. The van der Waals surface area contributed by atoms with Gasteiger partial charge in [-0.25, -0.2) is 9.59 Å². The molecule has 0 aliphatic rings. The van der Waals surface area contributed by atoms with Crippen LogP contribution in [-0.4, -0.2) is 33.3 Å². The van der Waals surface area contributed by atoms with Gasteiger partial charge in [0, 0.05) is 17.7 Å². The van der Waals surface area contributed by atoms with Crippen LogP contribution in [0.4, 0.5) is 0 Å². The van der Waals surface area contributed by atoms with Crippen LogP contribution in [0.15, 0.2) is 54.6 Å². The summed E-state index contributed by atoms with van der Waals surface area (Å²) < 4.78 is 20.3. The highest BCUT2D eigenvalue weighted by Crippen LogP contribution is 2.29. The second-order valence-electron chi connectivity index (χ2n) is 5.26. The molecule has 27 heavy (non-hydrogen) atoms. The Balaban J connectivity index is 2.11. The Hall–Kier alpha value is -3.54. The molecule has 0 atom stereocenters. The molecule has 0 aliphatic heterocycles. The summed E-state index contributed by atoms with van der Waals surface area (Å²) in [5, 5.41) is 0. The molecule has 140 valence electrons. The van der Waals surface area contributed by atoms with Crippen molar-refractivity contribution in [2.45, 2.75) is 0 Å². The van der Waals surface area contributed by atoms with Crippen molar-refractivity contribution in [1.29, 1.82) is 0 Å². The van der Waals surface area contributed by atoms with Gasteiger partial charge in [-0.2, -0.15) is 0 Å². The molecule has 0 N–H and O–H groups in total. The van der Waals surface area contributed by atoms with Gasteiger partial charge in [0.25, 0.3) is 0 Å². The van der Waals surface area contributed by atoms with Crippen LogP contribution in [0.5, 0.6) is 17.2 Å². The number of carbonyl (C=O) groups excluding carboxylic acids is 2. The van der Waals surface area contributed by atoms with E-state index in [0.29, 0.717) is 17.1 Å². The molecule has 6 nitrogen and oxygen atoms in total. The molecule has 0 fully saturated rings. The third-order valence-corrected chi connectivity index (χ3v) is 3.55. The van der Waals surface area contributed by atoms with Crippen LogP contribution in [-0.2, 0) is 14.3 Å². The average molecular weight is 368 g/mol. The quantitative estimate of drug-likeness (QED) is 0.423. The monoisotopic (exact) mass is 368 g/mol. The van der Waals surface area contributed by atoms with Gasteiger partial charge >= 0.3 is 11.9 Å². The summed E-state index contributed by atoms with van der Waals surface area (Å²) >= 11 is 0. The highest BCUT2D eigenvalue weighted by atomic mass is 16.6. The number of hydrogen-bond acceptors (Lipinski definition) is 6. The van der Waals surface area contributed by atoms with Gasteiger partial charge in [0.15, 0.2) is 11.5 Å². The Morgan fingerprint density at radius 3 is 2.19 bits per heavy atom. The van der Waals surface area contributed by atoms with Crippen molar-refractivity contribution in [2.24, 2.45) is 0 Å². The summed E-state index contributed by atoms with van der Waals surface area (Å²) in [6.45, 7) is 0. The number of ether oxygens (including phenoxy) is 4. The van der Waals surface area contributed by atoms with Crippen LogP contribution in [0.3, 0.4) is 0 Å². The summed E-state index contributed by atoms with van der Waals surface area (Å²) in [4.78, 5) is 23.3. The Morgan fingerprint density at radius 2 is 1.48 bits per heavy atom. The van der Waals surface area contributed by atoms with Crippen molar-refractivity contribution in [1.82, 2.24) is 0 Å². The number of carbonyl (C=O) groups is 2. The summed E-state index contributed by atoms with van der Waals surface area (Å²) in [5.41, 5.74) is 1.45. The molecule has 6 heteroatoms. The molecule has 0 aromatic heterocycles. The predicted molar refractivity (Wildman–Crippen MR) is 102 cm³/mol. The van der Waals surface area contributed by atoms with Gasteiger partial charge in [-0.1, -0.05) is 24.3 Å². The number of hydrogen-bond donors (Lipinski definition) is 0. The molecule has 0 amide bonds. The van der Waals surface area contributed by atoms with E-state index in [1.165, 1.54) is 26.4 Å². The fourth-order valence-electron chi connectivity index (χ4n) is 2.21. The maximum absolute atomic E-state index is 12.1. The Morgan fingerprint density at radius 1 is 0.778 bits per heavy atom. The normalized spacial score (nSPS) is 10.8. The Labute approximate surface area is 157 Å². The summed E-state index contributed by atoms with van der Waals surface area (Å²) in [5.74, 6) is 0.257. The van der Waals surface area contributed by atoms with Crippen LogP contribution in [0.2, 0.25) is 0 Å². The van der Waals surface area contributed by atoms with Crippen LogP contribution in [0.25, 0.3) is 12.2 Å². The zero-order valence-corrected chi connectivity index (χ0v) is 15.3. The molecule has 0 unspecified atom stereocenters.